The number of hydrogen-bond acceptors (Lipinski definition) is 5. The van der Waals surface area contributed by atoms with Crippen LogP contribution in [0.2, 0.25) is 0 Å². The van der Waals surface area contributed by atoms with E-state index < -0.39 is 0 Å². The molecule has 0 radical (unpaired) electrons. The van der Waals surface area contributed by atoms with E-state index in [4.69, 9.17) is 5.84 Å². The number of hydrazine groups is 1. The first-order chi connectivity index (χ1) is 14.9. The molecule has 2 aromatic carbocycles. The first kappa shape index (κ1) is 23.5. The van der Waals surface area contributed by atoms with E-state index in [2.05, 4.69) is 107 Å². The summed E-state index contributed by atoms with van der Waals surface area (Å²) in [5, 5.41) is 0. The third-order valence-corrected chi connectivity index (χ3v) is 7.69. The van der Waals surface area contributed by atoms with E-state index in [-0.39, 0.29) is 10.9 Å². The van der Waals surface area contributed by atoms with Crippen molar-refractivity contribution in [2.24, 2.45) is 5.84 Å². The molecule has 3 unspecified atom stereocenters. The van der Waals surface area contributed by atoms with Crippen LogP contribution in [0.1, 0.15) is 38.3 Å². The summed E-state index contributed by atoms with van der Waals surface area (Å²) >= 11 is 0. The van der Waals surface area contributed by atoms with Crippen LogP contribution in [-0.4, -0.2) is 46.8 Å². The lowest BCUT2D eigenvalue weighted by molar-refractivity contribution is 0.0818. The highest BCUT2D eigenvalue weighted by atomic mass is 32.2. The van der Waals surface area contributed by atoms with Crippen molar-refractivity contribution >= 4 is 28.1 Å². The van der Waals surface area contributed by atoms with Gasteiger partial charge in [0, 0.05) is 36.6 Å². The summed E-state index contributed by atoms with van der Waals surface area (Å²) in [7, 11) is -0.282. The molecule has 6 heteroatoms. The van der Waals surface area contributed by atoms with Crippen LogP contribution in [0.25, 0.3) is 5.70 Å². The van der Waals surface area contributed by atoms with E-state index in [9.17, 15) is 0 Å². The minimum Gasteiger partial charge on any atom is -0.324 e. The van der Waals surface area contributed by atoms with Crippen molar-refractivity contribution in [2.75, 3.05) is 23.9 Å². The SMILES string of the molecule is C=C(NN)c1ccc(CN(c2ccccc2)S(=C)N2CC(C)N(CCC)C(C)C2)cc1. The predicted octanol–water partition coefficient (Wildman–Crippen LogP) is 4.46. The molecule has 1 aliphatic heterocycles. The smallest absolute Gasteiger partial charge is 0.0552 e. The summed E-state index contributed by atoms with van der Waals surface area (Å²) in [6.45, 7) is 14.9. The molecule has 0 bridgehead atoms. The first-order valence-electron chi connectivity index (χ1n) is 11.1. The largest absolute Gasteiger partial charge is 0.324 e. The van der Waals surface area contributed by atoms with Crippen LogP contribution in [0.5, 0.6) is 0 Å². The van der Waals surface area contributed by atoms with Gasteiger partial charge in [-0.3, -0.25) is 10.7 Å². The summed E-state index contributed by atoms with van der Waals surface area (Å²) in [6, 6.07) is 20.1. The molecule has 0 aliphatic carbocycles. The van der Waals surface area contributed by atoms with Gasteiger partial charge in [0.1, 0.15) is 0 Å². The van der Waals surface area contributed by atoms with Gasteiger partial charge in [-0.15, -0.1) is 0 Å². The third-order valence-electron chi connectivity index (χ3n) is 5.95. The highest BCUT2D eigenvalue weighted by molar-refractivity contribution is 8.13. The highest BCUT2D eigenvalue weighted by Gasteiger charge is 2.31. The number of benzene rings is 2. The van der Waals surface area contributed by atoms with E-state index in [0.717, 1.165) is 30.9 Å². The predicted molar refractivity (Wildman–Crippen MR) is 138 cm³/mol. The Bertz CT molecular complexity index is 855. The molecular weight excluding hydrogens is 402 g/mol. The van der Waals surface area contributed by atoms with Gasteiger partial charge in [-0.1, -0.05) is 56.0 Å². The van der Waals surface area contributed by atoms with Crippen molar-refractivity contribution in [1.82, 2.24) is 14.6 Å². The quantitative estimate of drug-likeness (QED) is 0.343. The molecule has 168 valence electrons. The average Bonchev–Trinajstić information content (AvgIpc) is 2.79. The topological polar surface area (TPSA) is 47.8 Å². The Morgan fingerprint density at radius 3 is 2.26 bits per heavy atom. The van der Waals surface area contributed by atoms with Crippen molar-refractivity contribution in [2.45, 2.75) is 45.8 Å². The Morgan fingerprint density at radius 1 is 1.10 bits per heavy atom. The molecule has 0 aromatic heterocycles. The van der Waals surface area contributed by atoms with Crippen molar-refractivity contribution in [3.05, 3.63) is 72.3 Å². The number of nitrogens with zero attached hydrogens (tertiary/aromatic N) is 3. The molecule has 5 nitrogen and oxygen atoms in total. The van der Waals surface area contributed by atoms with Crippen LogP contribution in [0.3, 0.4) is 0 Å². The van der Waals surface area contributed by atoms with Gasteiger partial charge < -0.3 is 9.73 Å². The molecule has 1 heterocycles. The van der Waals surface area contributed by atoms with E-state index in [0.29, 0.717) is 12.1 Å². The Hall–Kier alpha value is -2.12. The van der Waals surface area contributed by atoms with Crippen molar-refractivity contribution < 1.29 is 0 Å². The zero-order valence-electron chi connectivity index (χ0n) is 19.1. The van der Waals surface area contributed by atoms with Gasteiger partial charge in [0.25, 0.3) is 0 Å². The van der Waals surface area contributed by atoms with Crippen LogP contribution in [-0.2, 0) is 6.54 Å². The third kappa shape index (κ3) is 5.77. The van der Waals surface area contributed by atoms with E-state index in [1.54, 1.807) is 0 Å². The number of para-hydroxylation sites is 1. The summed E-state index contributed by atoms with van der Waals surface area (Å²) in [5.41, 5.74) is 6.79. The summed E-state index contributed by atoms with van der Waals surface area (Å²) in [5.74, 6) is 10.2. The maximum absolute atomic E-state index is 5.50. The van der Waals surface area contributed by atoms with E-state index >= 15 is 0 Å². The molecule has 0 saturated carbocycles. The minimum absolute atomic E-state index is 0.282. The van der Waals surface area contributed by atoms with Crippen LogP contribution in [0, 0.1) is 0 Å². The molecule has 3 N–H and O–H groups in total. The maximum atomic E-state index is 5.50. The molecule has 1 saturated heterocycles. The lowest BCUT2D eigenvalue weighted by Gasteiger charge is -2.47. The Morgan fingerprint density at radius 2 is 1.71 bits per heavy atom. The van der Waals surface area contributed by atoms with Gasteiger partial charge in [-0.2, -0.15) is 0 Å². The fourth-order valence-corrected chi connectivity index (χ4v) is 5.98. The van der Waals surface area contributed by atoms with Crippen LogP contribution < -0.4 is 15.6 Å². The molecule has 0 spiro atoms. The van der Waals surface area contributed by atoms with Gasteiger partial charge in [-0.25, -0.2) is 4.31 Å². The van der Waals surface area contributed by atoms with E-state index in [1.165, 1.54) is 24.2 Å². The minimum atomic E-state index is -0.282. The molecule has 3 atom stereocenters. The fraction of sp³-hybridized carbons (Fsp3) is 0.400. The number of nitrogens with two attached hydrogens (primary N) is 1. The van der Waals surface area contributed by atoms with Crippen molar-refractivity contribution in [3.8, 4) is 0 Å². The highest BCUT2D eigenvalue weighted by Crippen LogP contribution is 2.34. The van der Waals surface area contributed by atoms with Crippen molar-refractivity contribution in [1.29, 1.82) is 0 Å². The molecule has 1 aliphatic rings. The standard InChI is InChI=1S/C25H37N5S/c1-6-16-29-20(2)17-28(18-21(29)3)31(5)30(25-10-8-7-9-11-25)19-23-12-14-24(15-13-23)22(4)27-26/h7-15,20-21,27H,4-6,16-19,26H2,1-3H3. The van der Waals surface area contributed by atoms with Crippen molar-refractivity contribution in [3.63, 3.8) is 0 Å². The first-order valence-corrected chi connectivity index (χ1v) is 12.4. The molecule has 31 heavy (non-hydrogen) atoms. The number of rotatable bonds is 9. The Balaban J connectivity index is 1.81. The Labute approximate surface area is 190 Å². The number of hydrogen-bond donors (Lipinski definition) is 2. The second-order valence-electron chi connectivity index (χ2n) is 8.31. The second kappa shape index (κ2) is 11.0. The van der Waals surface area contributed by atoms with Crippen LogP contribution in [0.15, 0.2) is 61.2 Å². The van der Waals surface area contributed by atoms with Gasteiger partial charge in [0.05, 0.1) is 6.54 Å². The number of nitrogens with one attached hydrogen (secondary N) is 1. The van der Waals surface area contributed by atoms with Gasteiger partial charge in [0.15, 0.2) is 0 Å². The van der Waals surface area contributed by atoms with Gasteiger partial charge in [-0.05, 0) is 66.8 Å². The normalized spacial score (nSPS) is 20.9. The molecule has 0 amide bonds. The molecular formula is C25H37N5S. The Kier molecular flexibility index (Phi) is 8.32. The molecule has 1 fully saturated rings. The van der Waals surface area contributed by atoms with Crippen LogP contribution in [0.4, 0.5) is 5.69 Å². The number of anilines is 1. The number of piperazine rings is 1. The average molecular weight is 440 g/mol. The molecule has 3 rings (SSSR count). The monoisotopic (exact) mass is 439 g/mol. The van der Waals surface area contributed by atoms with Crippen LogP contribution >= 0.6 is 10.9 Å². The maximum Gasteiger partial charge on any atom is 0.0552 e. The van der Waals surface area contributed by atoms with Gasteiger partial charge in [0.2, 0.25) is 0 Å². The zero-order valence-corrected chi connectivity index (χ0v) is 19.9. The lowest BCUT2D eigenvalue weighted by atomic mass is 10.1. The van der Waals surface area contributed by atoms with E-state index in [1.807, 2.05) is 0 Å². The zero-order chi connectivity index (χ0) is 22.4. The second-order valence-corrected chi connectivity index (χ2v) is 9.95. The summed E-state index contributed by atoms with van der Waals surface area (Å²) < 4.78 is 4.99. The summed E-state index contributed by atoms with van der Waals surface area (Å²) in [4.78, 5) is 2.64. The van der Waals surface area contributed by atoms with Gasteiger partial charge >= 0.3 is 0 Å². The molecule has 2 aromatic rings. The summed E-state index contributed by atoms with van der Waals surface area (Å²) in [6.07, 6.45) is 1.20. The lowest BCUT2D eigenvalue weighted by Crippen LogP contribution is -2.55. The fourth-order valence-electron chi connectivity index (χ4n) is 4.26.